The number of anilines is 1. The summed E-state index contributed by atoms with van der Waals surface area (Å²) in [6.45, 7) is 6.40. The van der Waals surface area contributed by atoms with Gasteiger partial charge in [-0.3, -0.25) is 0 Å². The first-order valence-corrected chi connectivity index (χ1v) is 8.01. The lowest BCUT2D eigenvalue weighted by molar-refractivity contribution is 0.268. The van der Waals surface area contributed by atoms with Gasteiger partial charge in [0, 0.05) is 18.3 Å². The molecule has 3 nitrogen and oxygen atoms in total. The van der Waals surface area contributed by atoms with Crippen LogP contribution in [0.1, 0.15) is 32.3 Å². The molecule has 2 aromatic rings. The summed E-state index contributed by atoms with van der Waals surface area (Å²) in [5, 5.41) is 3.43. The molecule has 0 aliphatic carbocycles. The third kappa shape index (κ3) is 4.99. The maximum Gasteiger partial charge on any atom is 0.163 e. The van der Waals surface area contributed by atoms with E-state index >= 15 is 0 Å². The van der Waals surface area contributed by atoms with Crippen LogP contribution < -0.4 is 14.8 Å². The zero-order valence-corrected chi connectivity index (χ0v) is 13.5. The zero-order valence-electron chi connectivity index (χ0n) is 13.5. The topological polar surface area (TPSA) is 30.5 Å². The van der Waals surface area contributed by atoms with Crippen molar-refractivity contribution in [3.63, 3.8) is 0 Å². The normalized spacial score (nSPS) is 10.3. The Morgan fingerprint density at radius 3 is 2.18 bits per heavy atom. The van der Waals surface area contributed by atoms with E-state index in [-0.39, 0.29) is 0 Å². The van der Waals surface area contributed by atoms with E-state index < -0.39 is 0 Å². The van der Waals surface area contributed by atoms with Crippen molar-refractivity contribution < 1.29 is 9.47 Å². The largest absolute Gasteiger partial charge is 0.490 e. The summed E-state index contributed by atoms with van der Waals surface area (Å²) in [6, 6.07) is 16.4. The number of rotatable bonds is 9. The van der Waals surface area contributed by atoms with E-state index in [1.807, 2.05) is 24.3 Å². The van der Waals surface area contributed by atoms with Gasteiger partial charge >= 0.3 is 0 Å². The molecule has 0 aromatic heterocycles. The molecule has 3 heteroatoms. The van der Waals surface area contributed by atoms with Gasteiger partial charge < -0.3 is 14.8 Å². The Morgan fingerprint density at radius 1 is 0.818 bits per heavy atom. The lowest BCUT2D eigenvalue weighted by Crippen LogP contribution is -2.03. The number of nitrogens with one attached hydrogen (secondary N) is 1. The van der Waals surface area contributed by atoms with Gasteiger partial charge in [-0.2, -0.15) is 0 Å². The average Bonchev–Trinajstić information content (AvgIpc) is 2.58. The van der Waals surface area contributed by atoms with Gasteiger partial charge in [-0.15, -0.1) is 0 Å². The standard InChI is InChI=1S/C19H25NO2/c1-3-12-21-18-11-10-17(14-19(18)22-13-4-2)20-15-16-8-6-5-7-9-16/h5-11,14,20H,3-4,12-13,15H2,1-2H3. The first kappa shape index (κ1) is 16.2. The van der Waals surface area contributed by atoms with Crippen molar-refractivity contribution in [3.8, 4) is 11.5 Å². The lowest BCUT2D eigenvalue weighted by atomic mass is 10.2. The summed E-state index contributed by atoms with van der Waals surface area (Å²) >= 11 is 0. The van der Waals surface area contributed by atoms with Crippen molar-refractivity contribution >= 4 is 5.69 Å². The minimum Gasteiger partial charge on any atom is -0.490 e. The Labute approximate surface area is 133 Å². The molecule has 0 spiro atoms. The SMILES string of the molecule is CCCOc1ccc(NCc2ccccc2)cc1OCCC. The highest BCUT2D eigenvalue weighted by molar-refractivity contribution is 5.55. The van der Waals surface area contributed by atoms with Crippen molar-refractivity contribution in [1.82, 2.24) is 0 Å². The quantitative estimate of drug-likeness (QED) is 0.716. The molecule has 0 aliphatic heterocycles. The minimum absolute atomic E-state index is 0.699. The van der Waals surface area contributed by atoms with Crippen molar-refractivity contribution in [1.29, 1.82) is 0 Å². The summed E-state index contributed by atoms with van der Waals surface area (Å²) in [6.07, 6.45) is 1.97. The second-order valence-electron chi connectivity index (χ2n) is 5.20. The molecule has 0 atom stereocenters. The zero-order chi connectivity index (χ0) is 15.6. The molecule has 2 rings (SSSR count). The second kappa shape index (κ2) is 8.98. The average molecular weight is 299 g/mol. The molecule has 0 amide bonds. The van der Waals surface area contributed by atoms with E-state index in [0.29, 0.717) is 13.2 Å². The Kier molecular flexibility index (Phi) is 6.62. The van der Waals surface area contributed by atoms with Gasteiger partial charge in [-0.25, -0.2) is 0 Å². The molecule has 22 heavy (non-hydrogen) atoms. The van der Waals surface area contributed by atoms with Crippen LogP contribution >= 0.6 is 0 Å². The van der Waals surface area contributed by atoms with Crippen LogP contribution in [0.4, 0.5) is 5.69 Å². The van der Waals surface area contributed by atoms with E-state index in [1.165, 1.54) is 5.56 Å². The molecule has 0 aliphatic rings. The van der Waals surface area contributed by atoms with Crippen molar-refractivity contribution in [3.05, 3.63) is 54.1 Å². The molecule has 2 aromatic carbocycles. The van der Waals surface area contributed by atoms with E-state index in [2.05, 4.69) is 43.4 Å². The molecule has 0 saturated heterocycles. The van der Waals surface area contributed by atoms with Crippen LogP contribution in [0.25, 0.3) is 0 Å². The van der Waals surface area contributed by atoms with Crippen LogP contribution in [0.5, 0.6) is 11.5 Å². The summed E-state index contributed by atoms with van der Waals surface area (Å²) < 4.78 is 11.6. The highest BCUT2D eigenvalue weighted by Gasteiger charge is 2.06. The van der Waals surface area contributed by atoms with Crippen LogP contribution in [0.2, 0.25) is 0 Å². The number of hydrogen-bond acceptors (Lipinski definition) is 3. The van der Waals surface area contributed by atoms with Gasteiger partial charge in [-0.05, 0) is 30.5 Å². The summed E-state index contributed by atoms with van der Waals surface area (Å²) in [5.41, 5.74) is 2.30. The molecule has 0 heterocycles. The van der Waals surface area contributed by atoms with Gasteiger partial charge in [0.25, 0.3) is 0 Å². The third-order valence-electron chi connectivity index (χ3n) is 3.21. The van der Waals surface area contributed by atoms with Gasteiger partial charge in [0.15, 0.2) is 11.5 Å². The van der Waals surface area contributed by atoms with Crippen LogP contribution in [0.15, 0.2) is 48.5 Å². The number of ether oxygens (including phenoxy) is 2. The molecular weight excluding hydrogens is 274 g/mol. The van der Waals surface area contributed by atoms with Crippen molar-refractivity contribution in [2.75, 3.05) is 18.5 Å². The Hall–Kier alpha value is -2.16. The Balaban J connectivity index is 2.04. The molecule has 118 valence electrons. The van der Waals surface area contributed by atoms with Gasteiger partial charge in [0.05, 0.1) is 13.2 Å². The molecule has 0 radical (unpaired) electrons. The summed E-state index contributed by atoms with van der Waals surface area (Å²) in [5.74, 6) is 1.63. The fourth-order valence-electron chi connectivity index (χ4n) is 2.07. The predicted octanol–water partition coefficient (Wildman–Crippen LogP) is 4.88. The van der Waals surface area contributed by atoms with Gasteiger partial charge in [-0.1, -0.05) is 44.2 Å². The second-order valence-corrected chi connectivity index (χ2v) is 5.20. The summed E-state index contributed by atoms with van der Waals surface area (Å²) in [7, 11) is 0. The first-order chi connectivity index (χ1) is 10.8. The van der Waals surface area contributed by atoms with Crippen molar-refractivity contribution in [2.45, 2.75) is 33.2 Å². The summed E-state index contributed by atoms with van der Waals surface area (Å²) in [4.78, 5) is 0. The van der Waals surface area contributed by atoms with E-state index in [4.69, 9.17) is 9.47 Å². The molecular formula is C19H25NO2. The van der Waals surface area contributed by atoms with Gasteiger partial charge in [0.1, 0.15) is 0 Å². The first-order valence-electron chi connectivity index (χ1n) is 8.01. The molecule has 1 N–H and O–H groups in total. The van der Waals surface area contributed by atoms with Gasteiger partial charge in [0.2, 0.25) is 0 Å². The van der Waals surface area contributed by atoms with E-state index in [1.54, 1.807) is 0 Å². The van der Waals surface area contributed by atoms with E-state index in [9.17, 15) is 0 Å². The fourth-order valence-corrected chi connectivity index (χ4v) is 2.07. The monoisotopic (exact) mass is 299 g/mol. The van der Waals surface area contributed by atoms with Crippen LogP contribution in [0, 0.1) is 0 Å². The van der Waals surface area contributed by atoms with Crippen LogP contribution in [-0.2, 0) is 6.54 Å². The van der Waals surface area contributed by atoms with Crippen LogP contribution in [-0.4, -0.2) is 13.2 Å². The maximum atomic E-state index is 5.81. The molecule has 0 bridgehead atoms. The molecule has 0 fully saturated rings. The molecule has 0 saturated carbocycles. The third-order valence-corrected chi connectivity index (χ3v) is 3.21. The fraction of sp³-hybridized carbons (Fsp3) is 0.368. The Morgan fingerprint density at radius 2 is 1.50 bits per heavy atom. The lowest BCUT2D eigenvalue weighted by Gasteiger charge is -2.14. The molecule has 0 unspecified atom stereocenters. The smallest absolute Gasteiger partial charge is 0.163 e. The predicted molar refractivity (Wildman–Crippen MR) is 91.8 cm³/mol. The van der Waals surface area contributed by atoms with Crippen molar-refractivity contribution in [2.24, 2.45) is 0 Å². The Bertz CT molecular complexity index is 555. The minimum atomic E-state index is 0.699. The number of hydrogen-bond donors (Lipinski definition) is 1. The maximum absolute atomic E-state index is 5.81. The highest BCUT2D eigenvalue weighted by atomic mass is 16.5. The highest BCUT2D eigenvalue weighted by Crippen LogP contribution is 2.31. The van der Waals surface area contributed by atoms with E-state index in [0.717, 1.165) is 36.6 Å². The number of benzene rings is 2. The van der Waals surface area contributed by atoms with Crippen LogP contribution in [0.3, 0.4) is 0 Å².